The van der Waals surface area contributed by atoms with Gasteiger partial charge in [0, 0.05) is 20.1 Å². The average Bonchev–Trinajstić information content (AvgIpc) is 3.08. The minimum Gasteiger partial charge on any atom is -0.330 e. The number of fused-ring (bicyclic) bond motifs is 3. The maximum atomic E-state index is 12.4. The van der Waals surface area contributed by atoms with Crippen molar-refractivity contribution in [2.24, 2.45) is 7.05 Å². The van der Waals surface area contributed by atoms with E-state index in [4.69, 9.17) is 0 Å². The number of aromatic nitrogens is 6. The lowest BCUT2D eigenvalue weighted by atomic mass is 10.1. The number of aromatic amines is 1. The Morgan fingerprint density at radius 2 is 1.75 bits per heavy atom. The molecule has 3 heterocycles. The number of nitrogens with one attached hydrogen (secondary N) is 2. The number of para-hydroxylation sites is 2. The average molecular weight is 429 g/mol. The van der Waals surface area contributed by atoms with Gasteiger partial charge in [-0.15, -0.1) is 0 Å². The first kappa shape index (κ1) is 20.1. The van der Waals surface area contributed by atoms with Crippen molar-refractivity contribution in [3.05, 3.63) is 74.2 Å². The number of H-pyrrole nitrogens is 1. The Morgan fingerprint density at radius 1 is 0.969 bits per heavy atom. The summed E-state index contributed by atoms with van der Waals surface area (Å²) in [6, 6.07) is 12.0. The first-order valence-corrected chi connectivity index (χ1v) is 10.5. The lowest BCUT2D eigenvalue weighted by Crippen LogP contribution is -2.30. The molecule has 0 aliphatic carbocycles. The molecule has 0 spiro atoms. The Kier molecular flexibility index (Phi) is 4.82. The van der Waals surface area contributed by atoms with Crippen LogP contribution in [0.25, 0.3) is 33.6 Å². The predicted octanol–water partition coefficient (Wildman–Crippen LogP) is 1.88. The summed E-state index contributed by atoms with van der Waals surface area (Å²) in [7, 11) is 2.00. The summed E-state index contributed by atoms with van der Waals surface area (Å²) >= 11 is 0. The minimum absolute atomic E-state index is 0.163. The maximum Gasteiger partial charge on any atom is 0.349 e. The summed E-state index contributed by atoms with van der Waals surface area (Å²) in [5.74, 6) is 1.22. The molecule has 2 aromatic carbocycles. The third-order valence-corrected chi connectivity index (χ3v) is 5.90. The van der Waals surface area contributed by atoms with Gasteiger partial charge in [-0.25, -0.2) is 14.8 Å². The van der Waals surface area contributed by atoms with E-state index in [1.54, 1.807) is 0 Å². The Hall–Kier alpha value is -3.85. The number of benzene rings is 2. The van der Waals surface area contributed by atoms with E-state index in [1.165, 1.54) is 0 Å². The molecular weight excluding hydrogens is 406 g/mol. The summed E-state index contributed by atoms with van der Waals surface area (Å²) in [4.78, 5) is 39.8. The van der Waals surface area contributed by atoms with Crippen molar-refractivity contribution in [3.63, 3.8) is 0 Å². The van der Waals surface area contributed by atoms with Crippen molar-refractivity contribution < 1.29 is 0 Å². The van der Waals surface area contributed by atoms with E-state index >= 15 is 0 Å². The van der Waals surface area contributed by atoms with Crippen LogP contribution in [0.4, 0.5) is 0 Å². The van der Waals surface area contributed by atoms with Gasteiger partial charge in [0.1, 0.15) is 5.82 Å². The van der Waals surface area contributed by atoms with Gasteiger partial charge >= 0.3 is 5.69 Å². The Labute approximate surface area is 183 Å². The molecule has 2 aliphatic rings. The van der Waals surface area contributed by atoms with Crippen molar-refractivity contribution in [1.82, 2.24) is 34.4 Å². The molecule has 3 aromatic rings. The molecule has 2 aliphatic heterocycles. The number of aryl methyl sites for hydroxylation is 3. The largest absolute Gasteiger partial charge is 0.349 e. The van der Waals surface area contributed by atoms with Crippen molar-refractivity contribution >= 4 is 22.1 Å². The normalized spacial score (nSPS) is 11.7. The molecule has 9 heteroatoms. The molecule has 2 N–H and O–H groups in total. The van der Waals surface area contributed by atoms with Crippen LogP contribution in [0.5, 0.6) is 0 Å². The van der Waals surface area contributed by atoms with Crippen LogP contribution in [0, 0.1) is 13.8 Å². The fourth-order valence-electron chi connectivity index (χ4n) is 4.02. The molecule has 0 saturated heterocycles. The SMILES string of the molecule is Cc1cc2nc3c(=O)[nH]c(=O)nc-3n(CCNCc3nc4ccccc4n3C)c2cc1C. The summed E-state index contributed by atoms with van der Waals surface area (Å²) in [5, 5.41) is 3.42. The van der Waals surface area contributed by atoms with Gasteiger partial charge in [0.2, 0.25) is 0 Å². The fraction of sp³-hybridized carbons (Fsp3) is 0.261. The second-order valence-electron chi connectivity index (χ2n) is 7.98. The highest BCUT2D eigenvalue weighted by molar-refractivity contribution is 5.81. The van der Waals surface area contributed by atoms with Crippen LogP contribution in [-0.2, 0) is 20.1 Å². The lowest BCUT2D eigenvalue weighted by Gasteiger charge is -2.18. The van der Waals surface area contributed by atoms with Gasteiger partial charge in [-0.1, -0.05) is 12.1 Å². The molecule has 1 aromatic heterocycles. The smallest absolute Gasteiger partial charge is 0.330 e. The number of hydrogen-bond acceptors (Lipinski definition) is 6. The van der Waals surface area contributed by atoms with Crippen LogP contribution in [0.3, 0.4) is 0 Å². The van der Waals surface area contributed by atoms with Gasteiger partial charge in [-0.3, -0.25) is 9.78 Å². The number of nitrogens with zero attached hydrogens (tertiary/aromatic N) is 5. The van der Waals surface area contributed by atoms with Crippen LogP contribution in [0.1, 0.15) is 17.0 Å². The first-order valence-electron chi connectivity index (χ1n) is 10.5. The summed E-state index contributed by atoms with van der Waals surface area (Å²) in [6.45, 7) is 5.73. The van der Waals surface area contributed by atoms with Gasteiger partial charge in [-0.05, 0) is 49.2 Å². The molecule has 0 amide bonds. The minimum atomic E-state index is -0.672. The molecule has 0 saturated carbocycles. The fourth-order valence-corrected chi connectivity index (χ4v) is 4.02. The quantitative estimate of drug-likeness (QED) is 0.326. The van der Waals surface area contributed by atoms with Gasteiger partial charge in [0.05, 0.1) is 28.6 Å². The van der Waals surface area contributed by atoms with E-state index in [1.807, 2.05) is 61.9 Å². The standard InChI is InChI=1S/C23H23N7O2/c1-13-10-16-18(11-14(13)2)30(21-20(26-16)22(31)28-23(32)27-21)9-8-24-12-19-25-15-6-4-5-7-17(15)29(19)3/h4-7,10-11,24H,8-9,12H2,1-3H3,(H,28,31,32). The van der Waals surface area contributed by atoms with Gasteiger partial charge < -0.3 is 14.5 Å². The second kappa shape index (κ2) is 7.69. The van der Waals surface area contributed by atoms with Gasteiger partial charge in [0.25, 0.3) is 5.56 Å². The zero-order valence-corrected chi connectivity index (χ0v) is 18.1. The molecule has 32 heavy (non-hydrogen) atoms. The Bertz CT molecular complexity index is 1560. The van der Waals surface area contributed by atoms with E-state index in [2.05, 4.69) is 29.8 Å². The Balaban J connectivity index is 1.48. The molecule has 0 radical (unpaired) electrons. The molecule has 162 valence electrons. The summed E-state index contributed by atoms with van der Waals surface area (Å²) in [6.07, 6.45) is 0. The third-order valence-electron chi connectivity index (χ3n) is 5.90. The van der Waals surface area contributed by atoms with E-state index in [0.717, 1.165) is 33.5 Å². The highest BCUT2D eigenvalue weighted by Gasteiger charge is 2.19. The van der Waals surface area contributed by atoms with Gasteiger partial charge in [0.15, 0.2) is 11.5 Å². The summed E-state index contributed by atoms with van der Waals surface area (Å²) in [5.41, 5.74) is 4.73. The number of imidazole rings is 1. The molecular formula is C23H23N7O2. The second-order valence-corrected chi connectivity index (χ2v) is 7.98. The van der Waals surface area contributed by atoms with Crippen LogP contribution < -0.4 is 16.6 Å². The third kappa shape index (κ3) is 3.36. The zero-order valence-electron chi connectivity index (χ0n) is 18.1. The molecule has 0 atom stereocenters. The van der Waals surface area contributed by atoms with Crippen LogP contribution in [0.2, 0.25) is 0 Å². The van der Waals surface area contributed by atoms with Crippen molar-refractivity contribution in [2.45, 2.75) is 26.9 Å². The summed E-state index contributed by atoms with van der Waals surface area (Å²) < 4.78 is 3.96. The predicted molar refractivity (Wildman–Crippen MR) is 123 cm³/mol. The number of hydrogen-bond donors (Lipinski definition) is 2. The van der Waals surface area contributed by atoms with Crippen molar-refractivity contribution in [3.8, 4) is 11.5 Å². The van der Waals surface area contributed by atoms with E-state index in [9.17, 15) is 9.59 Å². The zero-order chi connectivity index (χ0) is 22.4. The van der Waals surface area contributed by atoms with E-state index in [-0.39, 0.29) is 5.69 Å². The lowest BCUT2D eigenvalue weighted by molar-refractivity contribution is 0.582. The van der Waals surface area contributed by atoms with E-state index < -0.39 is 11.2 Å². The Morgan fingerprint density at radius 3 is 2.56 bits per heavy atom. The van der Waals surface area contributed by atoms with Crippen LogP contribution in [0.15, 0.2) is 46.0 Å². The van der Waals surface area contributed by atoms with Crippen LogP contribution >= 0.6 is 0 Å². The van der Waals surface area contributed by atoms with Crippen molar-refractivity contribution in [2.75, 3.05) is 6.54 Å². The topological polar surface area (TPSA) is 110 Å². The van der Waals surface area contributed by atoms with E-state index in [0.29, 0.717) is 31.0 Å². The van der Waals surface area contributed by atoms with Crippen molar-refractivity contribution in [1.29, 1.82) is 0 Å². The molecule has 0 fully saturated rings. The monoisotopic (exact) mass is 429 g/mol. The molecule has 0 unspecified atom stereocenters. The highest BCUT2D eigenvalue weighted by Crippen LogP contribution is 2.23. The molecule has 9 nitrogen and oxygen atoms in total. The van der Waals surface area contributed by atoms with Crippen LogP contribution in [-0.4, -0.2) is 35.6 Å². The highest BCUT2D eigenvalue weighted by atomic mass is 16.2. The number of rotatable bonds is 5. The van der Waals surface area contributed by atoms with Gasteiger partial charge in [-0.2, -0.15) is 4.98 Å². The molecule has 0 bridgehead atoms. The molecule has 5 rings (SSSR count). The first-order chi connectivity index (χ1) is 15.4. The maximum absolute atomic E-state index is 12.4.